The molecule has 0 spiro atoms. The third kappa shape index (κ3) is 6.08. The monoisotopic (exact) mass is 397 g/mol. The first-order valence-corrected chi connectivity index (χ1v) is 10.7. The summed E-state index contributed by atoms with van der Waals surface area (Å²) < 4.78 is 5.62. The molecule has 2 atom stereocenters. The van der Waals surface area contributed by atoms with Gasteiger partial charge in [-0.15, -0.1) is 0 Å². The molecule has 0 amide bonds. The van der Waals surface area contributed by atoms with E-state index in [1.54, 1.807) is 6.26 Å². The number of nitrogens with zero attached hydrogens (tertiary/aromatic N) is 3. The van der Waals surface area contributed by atoms with Crippen molar-refractivity contribution in [1.29, 1.82) is 0 Å². The summed E-state index contributed by atoms with van der Waals surface area (Å²) >= 11 is 0. The van der Waals surface area contributed by atoms with Crippen LogP contribution in [-0.4, -0.2) is 62.6 Å². The van der Waals surface area contributed by atoms with Gasteiger partial charge in [0.05, 0.1) is 24.9 Å². The molecule has 6 nitrogen and oxygen atoms in total. The minimum atomic E-state index is 0.150. The van der Waals surface area contributed by atoms with E-state index in [9.17, 15) is 0 Å². The van der Waals surface area contributed by atoms with Crippen LogP contribution in [-0.2, 0) is 0 Å². The molecule has 0 radical (unpaired) electrons. The molecule has 6 heteroatoms. The molecule has 158 valence electrons. The maximum Gasteiger partial charge on any atom is 0.191 e. The molecule has 29 heavy (non-hydrogen) atoms. The van der Waals surface area contributed by atoms with Crippen molar-refractivity contribution in [3.05, 3.63) is 60.1 Å². The number of benzene rings is 1. The van der Waals surface area contributed by atoms with Crippen LogP contribution in [0.2, 0.25) is 0 Å². The van der Waals surface area contributed by atoms with E-state index in [1.807, 2.05) is 12.1 Å². The second-order valence-corrected chi connectivity index (χ2v) is 7.76. The Morgan fingerprint density at radius 2 is 1.86 bits per heavy atom. The number of hydrogen-bond donors (Lipinski definition) is 2. The lowest BCUT2D eigenvalue weighted by molar-refractivity contribution is 0.250. The minimum absolute atomic E-state index is 0.150. The molecule has 1 fully saturated rings. The van der Waals surface area contributed by atoms with Crippen LogP contribution in [0.5, 0.6) is 0 Å². The fourth-order valence-corrected chi connectivity index (χ4v) is 3.89. The molecule has 3 rings (SSSR count). The van der Waals surface area contributed by atoms with Gasteiger partial charge < -0.3 is 15.1 Å². The zero-order valence-corrected chi connectivity index (χ0v) is 18.0. The van der Waals surface area contributed by atoms with Crippen LogP contribution in [0.4, 0.5) is 0 Å². The zero-order chi connectivity index (χ0) is 20.5. The molecule has 0 saturated carbocycles. The Morgan fingerprint density at radius 1 is 1.10 bits per heavy atom. The summed E-state index contributed by atoms with van der Waals surface area (Å²) in [5.74, 6) is 1.81. The van der Waals surface area contributed by atoms with E-state index < -0.39 is 0 Å². The van der Waals surface area contributed by atoms with Gasteiger partial charge in [0.1, 0.15) is 5.76 Å². The largest absolute Gasteiger partial charge is 0.468 e. The fraction of sp³-hybridized carbons (Fsp3) is 0.522. The van der Waals surface area contributed by atoms with Gasteiger partial charge in [-0.1, -0.05) is 30.3 Å². The molecule has 1 aliphatic rings. The maximum atomic E-state index is 5.62. The van der Waals surface area contributed by atoms with Gasteiger partial charge in [-0.2, -0.15) is 0 Å². The average molecular weight is 398 g/mol. The normalized spacial score (nSPS) is 17.4. The Hall–Kier alpha value is -2.31. The van der Waals surface area contributed by atoms with Crippen LogP contribution in [0.25, 0.3) is 0 Å². The average Bonchev–Trinajstić information content (AvgIpc) is 3.43. The summed E-state index contributed by atoms with van der Waals surface area (Å²) in [6.07, 6.45) is 4.28. The van der Waals surface area contributed by atoms with E-state index >= 15 is 0 Å². The number of rotatable bonds is 9. The topological polar surface area (TPSA) is 56.0 Å². The Labute approximate surface area is 175 Å². The molecule has 1 aliphatic heterocycles. The molecule has 0 bridgehead atoms. The molecule has 1 aromatic heterocycles. The van der Waals surface area contributed by atoms with Crippen molar-refractivity contribution in [2.75, 3.05) is 46.8 Å². The van der Waals surface area contributed by atoms with Crippen LogP contribution in [0.3, 0.4) is 0 Å². The number of likely N-dealkylation sites (tertiary alicyclic amines) is 1. The highest BCUT2D eigenvalue weighted by Crippen LogP contribution is 2.25. The number of guanidine groups is 1. The van der Waals surface area contributed by atoms with Crippen LogP contribution in [0.15, 0.2) is 58.1 Å². The summed E-state index contributed by atoms with van der Waals surface area (Å²) in [7, 11) is 4.13. The van der Waals surface area contributed by atoms with Crippen molar-refractivity contribution in [2.45, 2.75) is 31.8 Å². The van der Waals surface area contributed by atoms with Gasteiger partial charge in [0, 0.05) is 13.1 Å². The lowest BCUT2D eigenvalue weighted by Gasteiger charge is -2.27. The van der Waals surface area contributed by atoms with E-state index in [4.69, 9.17) is 9.41 Å². The van der Waals surface area contributed by atoms with Crippen molar-refractivity contribution in [2.24, 2.45) is 4.99 Å². The quantitative estimate of drug-likeness (QED) is 0.502. The van der Waals surface area contributed by atoms with E-state index in [0.717, 1.165) is 44.4 Å². The first-order valence-electron chi connectivity index (χ1n) is 10.7. The summed E-state index contributed by atoms with van der Waals surface area (Å²) in [5, 5.41) is 6.90. The van der Waals surface area contributed by atoms with Gasteiger partial charge in [0.2, 0.25) is 0 Å². The second-order valence-electron chi connectivity index (χ2n) is 7.76. The summed E-state index contributed by atoms with van der Waals surface area (Å²) in [6, 6.07) is 15.2. The molecule has 0 aliphatic carbocycles. The van der Waals surface area contributed by atoms with Crippen molar-refractivity contribution < 1.29 is 4.42 Å². The standard InChI is InChI=1S/C23H35N5O/c1-4-24-23(26-18-21(27(2)3)22-13-10-16-29-22)25-17-20(28-14-8-9-15-28)19-11-6-5-7-12-19/h5-7,10-13,16,20-21H,4,8-9,14-15,17-18H2,1-3H3,(H2,24,25,26). The zero-order valence-electron chi connectivity index (χ0n) is 18.0. The van der Waals surface area contributed by atoms with Gasteiger partial charge in [-0.3, -0.25) is 14.8 Å². The van der Waals surface area contributed by atoms with E-state index in [0.29, 0.717) is 6.04 Å². The van der Waals surface area contributed by atoms with Gasteiger partial charge in [-0.05, 0) is 64.6 Å². The number of nitrogens with one attached hydrogen (secondary N) is 2. The summed E-state index contributed by atoms with van der Waals surface area (Å²) in [6.45, 7) is 6.71. The Kier molecular flexibility index (Phi) is 8.14. The lowest BCUT2D eigenvalue weighted by Crippen LogP contribution is -2.42. The molecule has 1 aromatic carbocycles. The molecule has 2 unspecified atom stereocenters. The predicted molar refractivity (Wildman–Crippen MR) is 119 cm³/mol. The molecule has 2 heterocycles. The van der Waals surface area contributed by atoms with Crippen molar-refractivity contribution in [3.8, 4) is 0 Å². The first-order chi connectivity index (χ1) is 14.2. The van der Waals surface area contributed by atoms with Crippen LogP contribution < -0.4 is 10.6 Å². The highest BCUT2D eigenvalue weighted by atomic mass is 16.3. The van der Waals surface area contributed by atoms with Crippen LogP contribution >= 0.6 is 0 Å². The Morgan fingerprint density at radius 3 is 2.48 bits per heavy atom. The molecule has 1 saturated heterocycles. The fourth-order valence-electron chi connectivity index (χ4n) is 3.89. The van der Waals surface area contributed by atoms with Crippen LogP contribution in [0.1, 0.15) is 43.2 Å². The van der Waals surface area contributed by atoms with Gasteiger partial charge in [-0.25, -0.2) is 0 Å². The Balaban J connectivity index is 1.69. The van der Waals surface area contributed by atoms with Gasteiger partial charge in [0.25, 0.3) is 0 Å². The van der Waals surface area contributed by atoms with E-state index in [-0.39, 0.29) is 6.04 Å². The van der Waals surface area contributed by atoms with Crippen molar-refractivity contribution in [3.63, 3.8) is 0 Å². The molecular weight excluding hydrogens is 362 g/mol. The first kappa shape index (κ1) is 21.4. The van der Waals surface area contributed by atoms with Crippen molar-refractivity contribution >= 4 is 5.96 Å². The smallest absolute Gasteiger partial charge is 0.191 e. The lowest BCUT2D eigenvalue weighted by atomic mass is 10.1. The molecular formula is C23H35N5O. The second kappa shape index (κ2) is 11.0. The summed E-state index contributed by atoms with van der Waals surface area (Å²) in [4.78, 5) is 9.67. The number of hydrogen-bond acceptors (Lipinski definition) is 4. The summed E-state index contributed by atoms with van der Waals surface area (Å²) in [5.41, 5.74) is 1.34. The molecule has 2 aromatic rings. The molecule has 2 N–H and O–H groups in total. The Bertz CT molecular complexity index is 723. The third-order valence-corrected chi connectivity index (χ3v) is 5.49. The van der Waals surface area contributed by atoms with Crippen molar-refractivity contribution in [1.82, 2.24) is 20.4 Å². The van der Waals surface area contributed by atoms with Gasteiger partial charge in [0.15, 0.2) is 5.96 Å². The third-order valence-electron chi connectivity index (χ3n) is 5.49. The van der Waals surface area contributed by atoms with E-state index in [1.165, 1.54) is 18.4 Å². The van der Waals surface area contributed by atoms with Crippen LogP contribution in [0, 0.1) is 0 Å². The minimum Gasteiger partial charge on any atom is -0.468 e. The van der Waals surface area contributed by atoms with Gasteiger partial charge >= 0.3 is 0 Å². The highest BCUT2D eigenvalue weighted by Gasteiger charge is 2.23. The maximum absolute atomic E-state index is 5.62. The highest BCUT2D eigenvalue weighted by molar-refractivity contribution is 5.79. The SMILES string of the molecule is CCNC(=NCC(c1ccccc1)N1CCCC1)NCC(c1ccco1)N(C)C. The number of aliphatic imine (C=N–C) groups is 1. The number of likely N-dealkylation sites (N-methyl/N-ethyl adjacent to an activating group) is 1. The van der Waals surface area contributed by atoms with E-state index in [2.05, 4.69) is 71.8 Å². The number of furan rings is 1. The predicted octanol–water partition coefficient (Wildman–Crippen LogP) is 3.27.